The molecule has 0 aliphatic carbocycles. The molecule has 3 aliphatic rings. The number of anilines is 2. The third kappa shape index (κ3) is 2.25. The van der Waals surface area contributed by atoms with Crippen LogP contribution in [0.2, 0.25) is 0 Å². The van der Waals surface area contributed by atoms with E-state index < -0.39 is 0 Å². The Morgan fingerprint density at radius 3 is 3.18 bits per heavy atom. The summed E-state index contributed by atoms with van der Waals surface area (Å²) in [4.78, 5) is 30.7. The fourth-order valence-electron chi connectivity index (χ4n) is 3.15. The number of hydrogen-bond donors (Lipinski definition) is 2. The van der Waals surface area contributed by atoms with Gasteiger partial charge in [0.25, 0.3) is 5.91 Å². The average molecular weight is 316 g/mol. The van der Waals surface area contributed by atoms with E-state index in [4.69, 9.17) is 0 Å². The second kappa shape index (κ2) is 5.31. The van der Waals surface area contributed by atoms with E-state index in [2.05, 4.69) is 20.5 Å². The molecule has 0 bridgehead atoms. The highest BCUT2D eigenvalue weighted by atomic mass is 32.2. The Kier molecular flexibility index (Phi) is 3.29. The first kappa shape index (κ1) is 13.6. The van der Waals surface area contributed by atoms with E-state index in [1.54, 1.807) is 23.9 Å². The lowest BCUT2D eigenvalue weighted by atomic mass is 10.1. The molecule has 1 unspecified atom stereocenters. The van der Waals surface area contributed by atoms with Crippen LogP contribution in [0.4, 0.5) is 11.4 Å². The second-order valence-corrected chi connectivity index (χ2v) is 6.65. The lowest BCUT2D eigenvalue weighted by Crippen LogP contribution is -2.44. The van der Waals surface area contributed by atoms with Crippen molar-refractivity contribution in [3.8, 4) is 0 Å². The topological polar surface area (TPSA) is 73.8 Å². The molecule has 2 amide bonds. The minimum Gasteiger partial charge on any atom is -0.358 e. The van der Waals surface area contributed by atoms with Crippen LogP contribution in [-0.2, 0) is 4.79 Å². The Morgan fingerprint density at radius 2 is 2.36 bits per heavy atom. The van der Waals surface area contributed by atoms with Crippen LogP contribution < -0.4 is 15.5 Å². The molecule has 0 aromatic heterocycles. The maximum Gasteiger partial charge on any atom is 0.257 e. The highest BCUT2D eigenvalue weighted by Crippen LogP contribution is 2.37. The Bertz CT molecular complexity index is 688. The smallest absolute Gasteiger partial charge is 0.257 e. The zero-order valence-electron chi connectivity index (χ0n) is 12.0. The normalized spacial score (nSPS) is 22.7. The highest BCUT2D eigenvalue weighted by Gasteiger charge is 2.36. The molecule has 0 spiro atoms. The molecule has 1 atom stereocenters. The van der Waals surface area contributed by atoms with E-state index in [1.165, 1.54) is 0 Å². The molecular weight excluding hydrogens is 300 g/mol. The minimum atomic E-state index is -0.186. The highest BCUT2D eigenvalue weighted by molar-refractivity contribution is 8.14. The number of amides is 2. The van der Waals surface area contributed by atoms with Gasteiger partial charge in [0.15, 0.2) is 5.17 Å². The fourth-order valence-corrected chi connectivity index (χ4v) is 3.87. The first-order valence-corrected chi connectivity index (χ1v) is 8.41. The van der Waals surface area contributed by atoms with E-state index in [0.29, 0.717) is 10.7 Å². The van der Waals surface area contributed by atoms with Crippen molar-refractivity contribution in [1.82, 2.24) is 5.32 Å². The summed E-state index contributed by atoms with van der Waals surface area (Å²) in [5, 5.41) is 6.40. The fraction of sp³-hybridized carbons (Fsp3) is 0.400. The Hall–Kier alpha value is -2.02. The number of nitrogens with zero attached hydrogens (tertiary/aromatic N) is 2. The van der Waals surface area contributed by atoms with Crippen LogP contribution in [0.15, 0.2) is 23.2 Å². The lowest BCUT2D eigenvalue weighted by molar-refractivity contribution is -0.117. The molecule has 3 aliphatic heterocycles. The predicted octanol–water partition coefficient (Wildman–Crippen LogP) is 1.44. The van der Waals surface area contributed by atoms with Gasteiger partial charge in [0, 0.05) is 17.9 Å². The molecule has 1 aromatic rings. The van der Waals surface area contributed by atoms with Crippen molar-refractivity contribution in [3.63, 3.8) is 0 Å². The molecule has 7 heteroatoms. The number of carbonyl (C=O) groups excluding carboxylic acids is 2. The number of rotatable bonds is 1. The molecule has 0 saturated carbocycles. The van der Waals surface area contributed by atoms with Crippen LogP contribution in [0.3, 0.4) is 0 Å². The number of carbonyl (C=O) groups is 2. The number of benzene rings is 1. The quantitative estimate of drug-likeness (QED) is 0.822. The monoisotopic (exact) mass is 316 g/mol. The summed E-state index contributed by atoms with van der Waals surface area (Å²) in [5.74, 6) is 0.749. The largest absolute Gasteiger partial charge is 0.358 e. The van der Waals surface area contributed by atoms with Gasteiger partial charge in [0.1, 0.15) is 6.04 Å². The molecule has 2 N–H and O–H groups in total. The van der Waals surface area contributed by atoms with Crippen LogP contribution in [0.1, 0.15) is 23.2 Å². The summed E-state index contributed by atoms with van der Waals surface area (Å²) in [6.07, 6.45) is 1.92. The minimum absolute atomic E-state index is 0.0262. The average Bonchev–Trinajstić information content (AvgIpc) is 3.18. The molecule has 1 saturated heterocycles. The molecular formula is C15H16N4O2S. The summed E-state index contributed by atoms with van der Waals surface area (Å²) >= 11 is 1.55. The second-order valence-electron chi connectivity index (χ2n) is 5.56. The summed E-state index contributed by atoms with van der Waals surface area (Å²) < 4.78 is 0. The SMILES string of the molecule is O=C(NC1=NCCS1)c1ccc2c(c1)NC(=O)C1CCCN21. The molecule has 3 heterocycles. The molecule has 6 nitrogen and oxygen atoms in total. The molecule has 0 radical (unpaired) electrons. The Labute approximate surface area is 132 Å². The van der Waals surface area contributed by atoms with Crippen LogP contribution in [0, 0.1) is 0 Å². The van der Waals surface area contributed by atoms with Gasteiger partial charge in [0.2, 0.25) is 5.91 Å². The predicted molar refractivity (Wildman–Crippen MR) is 87.7 cm³/mol. The van der Waals surface area contributed by atoms with Gasteiger partial charge in [-0.15, -0.1) is 0 Å². The third-order valence-electron chi connectivity index (χ3n) is 4.19. The zero-order valence-corrected chi connectivity index (χ0v) is 12.8. The zero-order chi connectivity index (χ0) is 15.1. The van der Waals surface area contributed by atoms with Gasteiger partial charge >= 0.3 is 0 Å². The van der Waals surface area contributed by atoms with E-state index in [9.17, 15) is 9.59 Å². The van der Waals surface area contributed by atoms with Crippen molar-refractivity contribution in [1.29, 1.82) is 0 Å². The van der Waals surface area contributed by atoms with E-state index in [0.717, 1.165) is 43.1 Å². The van der Waals surface area contributed by atoms with Crippen molar-refractivity contribution in [2.24, 2.45) is 4.99 Å². The maximum absolute atomic E-state index is 12.3. The number of nitrogens with one attached hydrogen (secondary N) is 2. The van der Waals surface area contributed by atoms with Gasteiger partial charge in [-0.2, -0.15) is 0 Å². The summed E-state index contributed by atoms with van der Waals surface area (Å²) in [7, 11) is 0. The van der Waals surface area contributed by atoms with Gasteiger partial charge in [0.05, 0.1) is 17.9 Å². The van der Waals surface area contributed by atoms with Crippen molar-refractivity contribution in [2.75, 3.05) is 29.1 Å². The standard InChI is InChI=1S/C15H16N4O2S/c20-13(18-15-16-5-7-22-15)9-3-4-11-10(8-9)17-14(21)12-2-1-6-19(11)12/h3-4,8,12H,1-2,5-7H2,(H,17,21)(H,16,18,20). The number of hydrogen-bond acceptors (Lipinski definition) is 5. The van der Waals surface area contributed by atoms with Gasteiger partial charge in [-0.05, 0) is 31.0 Å². The summed E-state index contributed by atoms with van der Waals surface area (Å²) in [6, 6.07) is 5.42. The maximum atomic E-state index is 12.3. The van der Waals surface area contributed by atoms with Crippen LogP contribution >= 0.6 is 11.8 Å². The van der Waals surface area contributed by atoms with E-state index >= 15 is 0 Å². The molecule has 22 heavy (non-hydrogen) atoms. The Morgan fingerprint density at radius 1 is 1.45 bits per heavy atom. The molecule has 1 aromatic carbocycles. The van der Waals surface area contributed by atoms with Crippen LogP contribution in [-0.4, -0.2) is 41.9 Å². The number of fused-ring (bicyclic) bond motifs is 3. The molecule has 4 rings (SSSR count). The van der Waals surface area contributed by atoms with Crippen LogP contribution in [0.25, 0.3) is 0 Å². The number of thioether (sulfide) groups is 1. The van der Waals surface area contributed by atoms with E-state index in [1.807, 2.05) is 6.07 Å². The van der Waals surface area contributed by atoms with Gasteiger partial charge in [-0.25, -0.2) is 0 Å². The van der Waals surface area contributed by atoms with Gasteiger partial charge in [-0.1, -0.05) is 11.8 Å². The lowest BCUT2D eigenvalue weighted by Gasteiger charge is -2.33. The molecule has 1 fully saturated rings. The van der Waals surface area contributed by atoms with Crippen molar-refractivity contribution in [3.05, 3.63) is 23.8 Å². The first-order chi connectivity index (χ1) is 10.7. The molecule has 114 valence electrons. The first-order valence-electron chi connectivity index (χ1n) is 7.42. The van der Waals surface area contributed by atoms with Crippen LogP contribution in [0.5, 0.6) is 0 Å². The number of amidine groups is 1. The van der Waals surface area contributed by atoms with E-state index in [-0.39, 0.29) is 17.9 Å². The van der Waals surface area contributed by atoms with Crippen molar-refractivity contribution in [2.45, 2.75) is 18.9 Å². The summed E-state index contributed by atoms with van der Waals surface area (Å²) in [5.41, 5.74) is 2.26. The number of aliphatic imine (C=N–C) groups is 1. The van der Waals surface area contributed by atoms with Crippen molar-refractivity contribution < 1.29 is 9.59 Å². The van der Waals surface area contributed by atoms with Gasteiger partial charge < -0.3 is 15.5 Å². The van der Waals surface area contributed by atoms with Crippen molar-refractivity contribution >= 4 is 40.1 Å². The summed E-state index contributed by atoms with van der Waals surface area (Å²) in [6.45, 7) is 1.64. The third-order valence-corrected chi connectivity index (χ3v) is 5.08. The Balaban J connectivity index is 1.60. The van der Waals surface area contributed by atoms with Gasteiger partial charge in [-0.3, -0.25) is 14.6 Å².